The van der Waals surface area contributed by atoms with Gasteiger partial charge < -0.3 is 25.4 Å². The number of carbonyl (C=O) groups excluding carboxylic acids is 1. The van der Waals surface area contributed by atoms with E-state index in [9.17, 15) is 9.59 Å². The Morgan fingerprint density at radius 3 is 2.60 bits per heavy atom. The molecule has 0 radical (unpaired) electrons. The van der Waals surface area contributed by atoms with Crippen LogP contribution in [-0.4, -0.2) is 71.3 Å². The Morgan fingerprint density at radius 2 is 1.98 bits per heavy atom. The number of amidine groups is 1. The molecule has 0 spiro atoms. The van der Waals surface area contributed by atoms with Crippen molar-refractivity contribution in [3.8, 4) is 17.3 Å². The number of nitrogens with two attached hydrogens (primary N) is 1. The SMILES string of the molecule is C/N=C(\N)c1ccc(NC(c2nn(-c3ccccn3)c(=O)[nH]2)c2cc(OC)cc(OCC(=O)N(C)C)c2F)cc1. The average molecular weight is 549 g/mol. The summed E-state index contributed by atoms with van der Waals surface area (Å²) >= 11 is 0. The number of ether oxygens (including phenoxy) is 2. The molecule has 2 aromatic carbocycles. The first-order valence-electron chi connectivity index (χ1n) is 12.1. The number of hydrogen-bond acceptors (Lipinski definition) is 8. The van der Waals surface area contributed by atoms with Crippen LogP contribution in [0.1, 0.15) is 23.0 Å². The molecule has 4 N–H and O–H groups in total. The van der Waals surface area contributed by atoms with Crippen molar-refractivity contribution in [1.82, 2.24) is 24.6 Å². The van der Waals surface area contributed by atoms with E-state index in [1.165, 1.54) is 30.3 Å². The van der Waals surface area contributed by atoms with E-state index < -0.39 is 17.5 Å². The first-order chi connectivity index (χ1) is 19.2. The number of aliphatic imine (C=N–C) groups is 1. The van der Waals surface area contributed by atoms with Crippen LogP contribution in [0.25, 0.3) is 5.82 Å². The van der Waals surface area contributed by atoms with Gasteiger partial charge in [0.25, 0.3) is 5.91 Å². The van der Waals surface area contributed by atoms with Gasteiger partial charge >= 0.3 is 5.69 Å². The molecule has 4 rings (SSSR count). The predicted octanol–water partition coefficient (Wildman–Crippen LogP) is 2.11. The Hall–Kier alpha value is -5.20. The molecule has 1 amide bonds. The number of aromatic amines is 1. The smallest absolute Gasteiger partial charge is 0.349 e. The summed E-state index contributed by atoms with van der Waals surface area (Å²) in [5, 5.41) is 7.63. The molecule has 1 atom stereocenters. The number of halogens is 1. The molecule has 40 heavy (non-hydrogen) atoms. The molecule has 13 heteroatoms. The molecule has 0 aliphatic heterocycles. The zero-order valence-electron chi connectivity index (χ0n) is 22.4. The van der Waals surface area contributed by atoms with Gasteiger partial charge in [0.05, 0.1) is 7.11 Å². The van der Waals surface area contributed by atoms with Gasteiger partial charge in [0, 0.05) is 50.2 Å². The second kappa shape index (κ2) is 12.1. The molecule has 2 aromatic heterocycles. The number of hydrogen-bond donors (Lipinski definition) is 3. The van der Waals surface area contributed by atoms with Crippen LogP contribution in [0.4, 0.5) is 10.1 Å². The zero-order valence-corrected chi connectivity index (χ0v) is 22.4. The molecular weight excluding hydrogens is 519 g/mol. The van der Waals surface area contributed by atoms with Crippen molar-refractivity contribution in [1.29, 1.82) is 0 Å². The minimum atomic E-state index is -1.03. The normalized spacial score (nSPS) is 12.1. The fraction of sp³-hybridized carbons (Fsp3) is 0.222. The third-order valence-electron chi connectivity index (χ3n) is 5.94. The second-order valence-corrected chi connectivity index (χ2v) is 8.78. The second-order valence-electron chi connectivity index (χ2n) is 8.78. The van der Waals surface area contributed by atoms with Crippen LogP contribution in [0.5, 0.6) is 11.5 Å². The Labute approximate surface area is 229 Å². The van der Waals surface area contributed by atoms with Crippen molar-refractivity contribution in [2.45, 2.75) is 6.04 Å². The van der Waals surface area contributed by atoms with Crippen molar-refractivity contribution in [2.75, 3.05) is 40.2 Å². The molecule has 208 valence electrons. The summed E-state index contributed by atoms with van der Waals surface area (Å²) < 4.78 is 28.0. The van der Waals surface area contributed by atoms with E-state index >= 15 is 4.39 Å². The highest BCUT2D eigenvalue weighted by molar-refractivity contribution is 5.97. The van der Waals surface area contributed by atoms with Crippen LogP contribution in [0.3, 0.4) is 0 Å². The third-order valence-corrected chi connectivity index (χ3v) is 5.94. The van der Waals surface area contributed by atoms with E-state index in [0.717, 1.165) is 4.68 Å². The molecule has 0 aliphatic rings. The standard InChI is InChI=1S/C27H29FN8O4/c1-30-25(29)16-8-10-17(11-9-16)32-24(26-33-27(38)36(34-26)21-7-5-6-12-31-21)19-13-18(39-4)14-20(23(19)28)40-15-22(37)35(2)3/h5-14,24,32H,15H2,1-4H3,(H2,29,30)(H,33,34,38). The summed E-state index contributed by atoms with van der Waals surface area (Å²) in [6.45, 7) is -0.387. The minimum Gasteiger partial charge on any atom is -0.497 e. The topological polar surface area (TPSA) is 153 Å². The number of amides is 1. The van der Waals surface area contributed by atoms with Gasteiger partial charge in [-0.05, 0) is 42.5 Å². The largest absolute Gasteiger partial charge is 0.497 e. The quantitative estimate of drug-likeness (QED) is 0.201. The summed E-state index contributed by atoms with van der Waals surface area (Å²) in [7, 11) is 6.14. The Balaban J connectivity index is 1.81. The number of H-pyrrole nitrogens is 1. The van der Waals surface area contributed by atoms with Crippen molar-refractivity contribution < 1.29 is 18.7 Å². The Morgan fingerprint density at radius 1 is 1.23 bits per heavy atom. The Bertz CT molecular complexity index is 1570. The number of nitrogens with zero attached hydrogens (tertiary/aromatic N) is 5. The number of carbonyl (C=O) groups is 1. The molecule has 12 nitrogen and oxygen atoms in total. The zero-order chi connectivity index (χ0) is 28.8. The number of likely N-dealkylation sites (N-methyl/N-ethyl adjacent to an activating group) is 1. The van der Waals surface area contributed by atoms with Gasteiger partial charge in [0.1, 0.15) is 17.6 Å². The summed E-state index contributed by atoms with van der Waals surface area (Å²) in [6, 6.07) is 13.8. The van der Waals surface area contributed by atoms with E-state index in [-0.39, 0.29) is 41.2 Å². The van der Waals surface area contributed by atoms with Crippen molar-refractivity contribution in [3.05, 3.63) is 94.0 Å². The van der Waals surface area contributed by atoms with Crippen LogP contribution in [0.15, 0.2) is 70.6 Å². The van der Waals surface area contributed by atoms with E-state index in [0.29, 0.717) is 17.1 Å². The van der Waals surface area contributed by atoms with Gasteiger partial charge in [0.2, 0.25) is 0 Å². The number of anilines is 1. The molecule has 0 saturated carbocycles. The first-order valence-corrected chi connectivity index (χ1v) is 12.1. The van der Waals surface area contributed by atoms with Crippen LogP contribution in [0.2, 0.25) is 0 Å². The maximum absolute atomic E-state index is 16.0. The highest BCUT2D eigenvalue weighted by Gasteiger charge is 2.27. The number of aromatic nitrogens is 4. The van der Waals surface area contributed by atoms with Crippen molar-refractivity contribution in [2.24, 2.45) is 10.7 Å². The lowest BCUT2D eigenvalue weighted by Gasteiger charge is -2.21. The van der Waals surface area contributed by atoms with Crippen LogP contribution in [0, 0.1) is 5.82 Å². The maximum atomic E-state index is 16.0. The highest BCUT2D eigenvalue weighted by atomic mass is 19.1. The molecule has 2 heterocycles. The van der Waals surface area contributed by atoms with Gasteiger partial charge in [0.15, 0.2) is 29.8 Å². The molecular formula is C27H29FN8O4. The summed E-state index contributed by atoms with van der Waals surface area (Å²) in [5.41, 5.74) is 6.65. The summed E-state index contributed by atoms with van der Waals surface area (Å²) in [6.07, 6.45) is 1.53. The molecule has 0 fully saturated rings. The van der Waals surface area contributed by atoms with Crippen LogP contribution < -0.4 is 26.2 Å². The highest BCUT2D eigenvalue weighted by Crippen LogP contribution is 2.35. The number of benzene rings is 2. The van der Waals surface area contributed by atoms with Crippen molar-refractivity contribution in [3.63, 3.8) is 0 Å². The predicted molar refractivity (Wildman–Crippen MR) is 148 cm³/mol. The maximum Gasteiger partial charge on any atom is 0.349 e. The summed E-state index contributed by atoms with van der Waals surface area (Å²) in [5.74, 6) is -0.325. The molecule has 4 aromatic rings. The van der Waals surface area contributed by atoms with E-state index in [1.807, 2.05) is 0 Å². The number of pyridine rings is 1. The lowest BCUT2D eigenvalue weighted by atomic mass is 10.0. The minimum absolute atomic E-state index is 0.0484. The number of rotatable bonds is 10. The Kier molecular flexibility index (Phi) is 8.42. The summed E-state index contributed by atoms with van der Waals surface area (Å²) in [4.78, 5) is 37.1. The van der Waals surface area contributed by atoms with Gasteiger partial charge in [-0.1, -0.05) is 6.07 Å². The van der Waals surface area contributed by atoms with Gasteiger partial charge in [-0.2, -0.15) is 4.68 Å². The molecule has 0 bridgehead atoms. The van der Waals surface area contributed by atoms with E-state index in [1.54, 1.807) is 63.6 Å². The number of nitrogens with one attached hydrogen (secondary N) is 2. The van der Waals surface area contributed by atoms with Crippen molar-refractivity contribution >= 4 is 17.4 Å². The number of methoxy groups -OCH3 is 1. The first kappa shape index (κ1) is 27.8. The van der Waals surface area contributed by atoms with Gasteiger partial charge in [-0.3, -0.25) is 14.8 Å². The van der Waals surface area contributed by atoms with Crippen LogP contribution in [-0.2, 0) is 4.79 Å². The average Bonchev–Trinajstić information content (AvgIpc) is 3.36. The van der Waals surface area contributed by atoms with Crippen LogP contribution >= 0.6 is 0 Å². The monoisotopic (exact) mass is 548 g/mol. The molecule has 1 unspecified atom stereocenters. The lowest BCUT2D eigenvalue weighted by molar-refractivity contribution is -0.130. The third kappa shape index (κ3) is 6.09. The van der Waals surface area contributed by atoms with E-state index in [2.05, 4.69) is 25.4 Å². The molecule has 0 aliphatic carbocycles. The fourth-order valence-electron chi connectivity index (χ4n) is 3.73. The molecule has 0 saturated heterocycles. The fourth-order valence-corrected chi connectivity index (χ4v) is 3.73. The van der Waals surface area contributed by atoms with Gasteiger partial charge in [-0.15, -0.1) is 5.10 Å². The van der Waals surface area contributed by atoms with Gasteiger partial charge in [-0.25, -0.2) is 14.2 Å². The lowest BCUT2D eigenvalue weighted by Crippen LogP contribution is -2.27. The van der Waals surface area contributed by atoms with E-state index in [4.69, 9.17) is 15.2 Å².